The van der Waals surface area contributed by atoms with E-state index in [-0.39, 0.29) is 6.54 Å². The van der Waals surface area contributed by atoms with Crippen LogP contribution in [0, 0.1) is 34.6 Å². The van der Waals surface area contributed by atoms with E-state index < -0.39 is 26.1 Å². The summed E-state index contributed by atoms with van der Waals surface area (Å²) in [6.07, 6.45) is 2.43. The molecule has 1 atom stereocenters. The molecule has 0 spiro atoms. The fourth-order valence-corrected chi connectivity index (χ4v) is 6.26. The molecule has 1 N–H and O–H groups in total. The maximum absolute atomic E-state index is 13.0. The quantitative estimate of drug-likeness (QED) is 0.854. The van der Waals surface area contributed by atoms with E-state index in [1.165, 1.54) is 4.31 Å². The van der Waals surface area contributed by atoms with Gasteiger partial charge in [-0.1, -0.05) is 0 Å². The SMILES string of the molecule is Cc1c(C)c(C)c(S(=O)(=O)NC2CCCN(S(C)(=O)=O)C2)c(C)c1C. The molecule has 1 aromatic carbocycles. The van der Waals surface area contributed by atoms with Crippen molar-refractivity contribution in [2.24, 2.45) is 0 Å². The highest BCUT2D eigenvalue weighted by Gasteiger charge is 2.31. The van der Waals surface area contributed by atoms with Gasteiger partial charge in [0, 0.05) is 19.1 Å². The molecule has 0 saturated carbocycles. The number of piperidine rings is 1. The summed E-state index contributed by atoms with van der Waals surface area (Å²) < 4.78 is 53.7. The van der Waals surface area contributed by atoms with Gasteiger partial charge in [-0.2, -0.15) is 0 Å². The third kappa shape index (κ3) is 4.07. The zero-order valence-corrected chi connectivity index (χ0v) is 17.4. The van der Waals surface area contributed by atoms with Crippen molar-refractivity contribution in [3.63, 3.8) is 0 Å². The smallest absolute Gasteiger partial charge is 0.213 e. The second-order valence-corrected chi connectivity index (χ2v) is 10.7. The number of benzene rings is 1. The lowest BCUT2D eigenvalue weighted by Crippen LogP contribution is -2.49. The summed E-state index contributed by atoms with van der Waals surface area (Å²) >= 11 is 0. The predicted octanol–water partition coefficient (Wildman–Crippen LogP) is 1.93. The summed E-state index contributed by atoms with van der Waals surface area (Å²) in [5.41, 5.74) is 4.57. The lowest BCUT2D eigenvalue weighted by atomic mass is 9.95. The molecule has 142 valence electrons. The van der Waals surface area contributed by atoms with Crippen molar-refractivity contribution in [2.75, 3.05) is 19.3 Å². The Balaban J connectivity index is 2.38. The number of nitrogens with zero attached hydrogens (tertiary/aromatic N) is 1. The molecule has 0 aliphatic carbocycles. The van der Waals surface area contributed by atoms with Crippen LogP contribution >= 0.6 is 0 Å². The van der Waals surface area contributed by atoms with Gasteiger partial charge >= 0.3 is 0 Å². The van der Waals surface area contributed by atoms with E-state index in [1.807, 2.05) is 34.6 Å². The molecular formula is C17H28N2O4S2. The predicted molar refractivity (Wildman–Crippen MR) is 99.9 cm³/mol. The van der Waals surface area contributed by atoms with Crippen molar-refractivity contribution in [2.45, 2.75) is 58.4 Å². The normalized spacial score (nSPS) is 20.0. The fourth-order valence-electron chi connectivity index (χ4n) is 3.49. The Bertz CT molecular complexity index is 861. The largest absolute Gasteiger partial charge is 0.241 e. The van der Waals surface area contributed by atoms with Crippen molar-refractivity contribution in [3.05, 3.63) is 27.8 Å². The third-order valence-corrected chi connectivity index (χ3v) is 8.44. The molecule has 2 rings (SSSR count). The van der Waals surface area contributed by atoms with Crippen LogP contribution in [0.4, 0.5) is 0 Å². The fraction of sp³-hybridized carbons (Fsp3) is 0.647. The summed E-state index contributed by atoms with van der Waals surface area (Å²) in [5.74, 6) is 0. The van der Waals surface area contributed by atoms with Crippen LogP contribution < -0.4 is 4.72 Å². The average Bonchev–Trinajstić information content (AvgIpc) is 2.50. The highest BCUT2D eigenvalue weighted by atomic mass is 32.2. The van der Waals surface area contributed by atoms with Gasteiger partial charge in [0.05, 0.1) is 11.2 Å². The van der Waals surface area contributed by atoms with E-state index in [0.29, 0.717) is 24.3 Å². The number of nitrogens with one attached hydrogen (secondary N) is 1. The molecule has 1 fully saturated rings. The monoisotopic (exact) mass is 388 g/mol. The molecule has 6 nitrogen and oxygen atoms in total. The van der Waals surface area contributed by atoms with Gasteiger partial charge in [0.2, 0.25) is 20.0 Å². The summed E-state index contributed by atoms with van der Waals surface area (Å²) in [6, 6.07) is -0.408. The minimum absolute atomic E-state index is 0.181. The first-order valence-corrected chi connectivity index (χ1v) is 11.7. The summed E-state index contributed by atoms with van der Waals surface area (Å²) in [6.45, 7) is 10.1. The number of hydrogen-bond acceptors (Lipinski definition) is 4. The lowest BCUT2D eigenvalue weighted by Gasteiger charge is -2.31. The van der Waals surface area contributed by atoms with Crippen LogP contribution in [-0.4, -0.2) is 46.5 Å². The number of rotatable bonds is 4. The number of sulfonamides is 2. The van der Waals surface area contributed by atoms with Crippen LogP contribution in [-0.2, 0) is 20.0 Å². The molecule has 1 unspecified atom stereocenters. The molecule has 1 aromatic rings. The highest BCUT2D eigenvalue weighted by Crippen LogP contribution is 2.30. The molecule has 0 amide bonds. The van der Waals surface area contributed by atoms with E-state index in [0.717, 1.165) is 34.1 Å². The van der Waals surface area contributed by atoms with Gasteiger partial charge in [0.1, 0.15) is 0 Å². The number of hydrogen-bond donors (Lipinski definition) is 1. The van der Waals surface area contributed by atoms with Gasteiger partial charge in [0.25, 0.3) is 0 Å². The molecule has 1 aliphatic heterocycles. The maximum Gasteiger partial charge on any atom is 0.241 e. The Morgan fingerprint density at radius 1 is 0.880 bits per heavy atom. The molecule has 0 bridgehead atoms. The first-order chi connectivity index (χ1) is 11.4. The van der Waals surface area contributed by atoms with Crippen LogP contribution in [0.25, 0.3) is 0 Å². The van der Waals surface area contributed by atoms with Gasteiger partial charge < -0.3 is 0 Å². The van der Waals surface area contributed by atoms with Crippen LogP contribution in [0.5, 0.6) is 0 Å². The molecule has 25 heavy (non-hydrogen) atoms. The molecular weight excluding hydrogens is 360 g/mol. The van der Waals surface area contributed by atoms with E-state index in [1.54, 1.807) is 0 Å². The zero-order valence-electron chi connectivity index (χ0n) is 15.8. The second-order valence-electron chi connectivity index (χ2n) is 7.04. The van der Waals surface area contributed by atoms with Gasteiger partial charge in [-0.25, -0.2) is 25.9 Å². The minimum Gasteiger partial charge on any atom is -0.213 e. The summed E-state index contributed by atoms with van der Waals surface area (Å²) in [4.78, 5) is 0.324. The van der Waals surface area contributed by atoms with Gasteiger partial charge in [-0.15, -0.1) is 0 Å². The second kappa shape index (κ2) is 6.98. The van der Waals surface area contributed by atoms with Gasteiger partial charge in [-0.3, -0.25) is 0 Å². The topological polar surface area (TPSA) is 83.6 Å². The van der Waals surface area contributed by atoms with Crippen LogP contribution in [0.1, 0.15) is 40.7 Å². The Morgan fingerprint density at radius 3 is 1.84 bits per heavy atom. The van der Waals surface area contributed by atoms with Crippen molar-refractivity contribution in [3.8, 4) is 0 Å². The third-order valence-electron chi connectivity index (χ3n) is 5.37. The molecule has 0 radical (unpaired) electrons. The Kier molecular flexibility index (Phi) is 5.68. The van der Waals surface area contributed by atoms with Gasteiger partial charge in [-0.05, 0) is 75.3 Å². The molecule has 8 heteroatoms. The molecule has 0 aromatic heterocycles. The van der Waals surface area contributed by atoms with E-state index in [9.17, 15) is 16.8 Å². The summed E-state index contributed by atoms with van der Waals surface area (Å²) in [7, 11) is -7.04. The van der Waals surface area contributed by atoms with E-state index in [2.05, 4.69) is 4.72 Å². The highest BCUT2D eigenvalue weighted by molar-refractivity contribution is 7.89. The van der Waals surface area contributed by atoms with Gasteiger partial charge in [0.15, 0.2) is 0 Å². The van der Waals surface area contributed by atoms with Crippen molar-refractivity contribution >= 4 is 20.0 Å². The molecule has 1 aliphatic rings. The van der Waals surface area contributed by atoms with Crippen LogP contribution in [0.3, 0.4) is 0 Å². The van der Waals surface area contributed by atoms with Crippen molar-refractivity contribution in [1.29, 1.82) is 0 Å². The van der Waals surface area contributed by atoms with Crippen LogP contribution in [0.15, 0.2) is 4.90 Å². The van der Waals surface area contributed by atoms with E-state index in [4.69, 9.17) is 0 Å². The molecule has 1 saturated heterocycles. The summed E-state index contributed by atoms with van der Waals surface area (Å²) in [5, 5.41) is 0. The minimum atomic E-state index is -3.72. The van der Waals surface area contributed by atoms with Crippen molar-refractivity contribution < 1.29 is 16.8 Å². The Morgan fingerprint density at radius 2 is 1.36 bits per heavy atom. The first-order valence-electron chi connectivity index (χ1n) is 8.40. The lowest BCUT2D eigenvalue weighted by molar-refractivity contribution is 0.305. The Labute approximate surface area is 151 Å². The van der Waals surface area contributed by atoms with E-state index >= 15 is 0 Å². The van der Waals surface area contributed by atoms with Crippen molar-refractivity contribution in [1.82, 2.24) is 9.03 Å². The maximum atomic E-state index is 13.0. The Hall–Kier alpha value is -0.960. The first kappa shape index (κ1) is 20.4. The molecule has 1 heterocycles. The zero-order chi connectivity index (χ0) is 19.2. The average molecular weight is 389 g/mol. The standard InChI is InChI=1S/C17H28N2O4S2/c1-11-12(2)14(4)17(15(5)13(11)3)25(22,23)18-16-8-7-9-19(10-16)24(6,20)21/h16,18H,7-10H2,1-6H3. The van der Waals surface area contributed by atoms with Crippen LogP contribution in [0.2, 0.25) is 0 Å².